The highest BCUT2D eigenvalue weighted by Gasteiger charge is 2.29. The van der Waals surface area contributed by atoms with Crippen LogP contribution in [0.1, 0.15) is 37.4 Å². The van der Waals surface area contributed by atoms with Crippen molar-refractivity contribution >= 4 is 0 Å². The van der Waals surface area contributed by atoms with Gasteiger partial charge in [0.05, 0.1) is 5.69 Å². The third-order valence-electron chi connectivity index (χ3n) is 4.23. The number of aromatic nitrogens is 2. The van der Waals surface area contributed by atoms with Crippen molar-refractivity contribution in [2.75, 3.05) is 13.6 Å². The summed E-state index contributed by atoms with van der Waals surface area (Å²) >= 11 is 0. The highest BCUT2D eigenvalue weighted by Crippen LogP contribution is 2.29. The van der Waals surface area contributed by atoms with Crippen LogP contribution in [0.25, 0.3) is 0 Å². The van der Waals surface area contributed by atoms with E-state index >= 15 is 0 Å². The standard InChI is InChI=1S/C14H26N4/c1-4-13-12(10-18(3)16-13)9-17(2)14-7-5-6-11(14)8-15/h10-11,14H,4-9,15H2,1-3H3. The molecule has 1 aliphatic carbocycles. The molecule has 1 heterocycles. The van der Waals surface area contributed by atoms with E-state index in [4.69, 9.17) is 5.73 Å². The smallest absolute Gasteiger partial charge is 0.0666 e. The second kappa shape index (κ2) is 5.85. The van der Waals surface area contributed by atoms with E-state index in [2.05, 4.69) is 30.2 Å². The van der Waals surface area contributed by atoms with Gasteiger partial charge in [0.1, 0.15) is 0 Å². The Hall–Kier alpha value is -0.870. The van der Waals surface area contributed by atoms with Crippen LogP contribution in [0.15, 0.2) is 6.20 Å². The molecule has 4 heteroatoms. The van der Waals surface area contributed by atoms with E-state index in [0.717, 1.165) is 19.5 Å². The van der Waals surface area contributed by atoms with Crippen molar-refractivity contribution < 1.29 is 0 Å². The first-order valence-electron chi connectivity index (χ1n) is 7.07. The maximum Gasteiger partial charge on any atom is 0.0666 e. The van der Waals surface area contributed by atoms with Crippen LogP contribution < -0.4 is 5.73 Å². The molecule has 2 rings (SSSR count). The van der Waals surface area contributed by atoms with Crippen molar-refractivity contribution in [1.29, 1.82) is 0 Å². The minimum absolute atomic E-state index is 0.653. The Morgan fingerprint density at radius 3 is 2.94 bits per heavy atom. The first kappa shape index (κ1) is 13.6. The molecule has 1 aromatic rings. The van der Waals surface area contributed by atoms with E-state index in [1.165, 1.54) is 30.5 Å². The summed E-state index contributed by atoms with van der Waals surface area (Å²) in [6, 6.07) is 0.653. The molecule has 102 valence electrons. The highest BCUT2D eigenvalue weighted by atomic mass is 15.3. The fourth-order valence-electron chi connectivity index (χ4n) is 3.27. The van der Waals surface area contributed by atoms with Crippen LogP contribution in [-0.2, 0) is 20.0 Å². The Kier molecular flexibility index (Phi) is 4.40. The van der Waals surface area contributed by atoms with Gasteiger partial charge in [0, 0.05) is 31.4 Å². The largest absolute Gasteiger partial charge is 0.330 e. The fraction of sp³-hybridized carbons (Fsp3) is 0.786. The van der Waals surface area contributed by atoms with Crippen LogP contribution in [-0.4, -0.2) is 34.3 Å². The Labute approximate surface area is 110 Å². The van der Waals surface area contributed by atoms with Gasteiger partial charge in [0.2, 0.25) is 0 Å². The molecule has 1 fully saturated rings. The zero-order valence-corrected chi connectivity index (χ0v) is 11.9. The van der Waals surface area contributed by atoms with Gasteiger partial charge < -0.3 is 5.73 Å². The van der Waals surface area contributed by atoms with Crippen LogP contribution in [0.2, 0.25) is 0 Å². The summed E-state index contributed by atoms with van der Waals surface area (Å²) in [5.41, 5.74) is 8.47. The fourth-order valence-corrected chi connectivity index (χ4v) is 3.27. The van der Waals surface area contributed by atoms with Gasteiger partial charge in [-0.1, -0.05) is 13.3 Å². The van der Waals surface area contributed by atoms with Gasteiger partial charge in [-0.05, 0) is 38.8 Å². The first-order chi connectivity index (χ1) is 8.65. The molecular weight excluding hydrogens is 224 g/mol. The number of nitrogens with two attached hydrogens (primary N) is 1. The van der Waals surface area contributed by atoms with E-state index in [0.29, 0.717) is 12.0 Å². The molecule has 0 aromatic carbocycles. The number of hydrogen-bond donors (Lipinski definition) is 1. The molecular formula is C14H26N4. The average molecular weight is 250 g/mol. The van der Waals surface area contributed by atoms with Crippen LogP contribution >= 0.6 is 0 Å². The summed E-state index contributed by atoms with van der Waals surface area (Å²) in [6.07, 6.45) is 7.07. The molecule has 1 aliphatic rings. The van der Waals surface area contributed by atoms with Crippen LogP contribution in [0.5, 0.6) is 0 Å². The number of hydrogen-bond acceptors (Lipinski definition) is 3. The molecule has 0 radical (unpaired) electrons. The van der Waals surface area contributed by atoms with E-state index < -0.39 is 0 Å². The summed E-state index contributed by atoms with van der Waals surface area (Å²) < 4.78 is 1.93. The SMILES string of the molecule is CCc1nn(C)cc1CN(C)C1CCCC1CN. The summed E-state index contributed by atoms with van der Waals surface area (Å²) in [5.74, 6) is 0.678. The van der Waals surface area contributed by atoms with Crippen LogP contribution in [0.3, 0.4) is 0 Å². The van der Waals surface area contributed by atoms with Crippen molar-refractivity contribution in [2.24, 2.45) is 18.7 Å². The van der Waals surface area contributed by atoms with E-state index in [9.17, 15) is 0 Å². The van der Waals surface area contributed by atoms with Crippen molar-refractivity contribution in [3.05, 3.63) is 17.5 Å². The molecule has 0 spiro atoms. The molecule has 1 aromatic heterocycles. The predicted molar refractivity (Wildman–Crippen MR) is 74.2 cm³/mol. The van der Waals surface area contributed by atoms with Crippen molar-refractivity contribution in [3.63, 3.8) is 0 Å². The maximum absolute atomic E-state index is 5.87. The van der Waals surface area contributed by atoms with Crippen LogP contribution in [0, 0.1) is 5.92 Å². The minimum Gasteiger partial charge on any atom is -0.330 e. The van der Waals surface area contributed by atoms with Crippen LogP contribution in [0.4, 0.5) is 0 Å². The molecule has 1 saturated carbocycles. The van der Waals surface area contributed by atoms with E-state index in [1.807, 2.05) is 11.7 Å². The lowest BCUT2D eigenvalue weighted by Crippen LogP contribution is -2.37. The van der Waals surface area contributed by atoms with Gasteiger partial charge in [0.25, 0.3) is 0 Å². The first-order valence-corrected chi connectivity index (χ1v) is 7.07. The Morgan fingerprint density at radius 2 is 2.28 bits per heavy atom. The molecule has 0 bridgehead atoms. The van der Waals surface area contributed by atoms with Crippen molar-refractivity contribution in [2.45, 2.75) is 45.2 Å². The molecule has 0 saturated heterocycles. The Balaban J connectivity index is 2.03. The third kappa shape index (κ3) is 2.75. The Morgan fingerprint density at radius 1 is 1.50 bits per heavy atom. The zero-order valence-electron chi connectivity index (χ0n) is 11.9. The number of aryl methyl sites for hydroxylation is 2. The minimum atomic E-state index is 0.653. The normalized spacial score (nSPS) is 24.1. The quantitative estimate of drug-likeness (QED) is 0.862. The molecule has 0 aliphatic heterocycles. The van der Waals surface area contributed by atoms with Gasteiger partial charge in [-0.25, -0.2) is 0 Å². The lowest BCUT2D eigenvalue weighted by molar-refractivity contribution is 0.192. The van der Waals surface area contributed by atoms with Gasteiger partial charge >= 0.3 is 0 Å². The molecule has 0 amide bonds. The monoisotopic (exact) mass is 250 g/mol. The third-order valence-corrected chi connectivity index (χ3v) is 4.23. The molecule has 2 unspecified atom stereocenters. The van der Waals surface area contributed by atoms with E-state index in [1.54, 1.807) is 0 Å². The van der Waals surface area contributed by atoms with Crippen molar-refractivity contribution in [3.8, 4) is 0 Å². The van der Waals surface area contributed by atoms with Crippen molar-refractivity contribution in [1.82, 2.24) is 14.7 Å². The highest BCUT2D eigenvalue weighted by molar-refractivity contribution is 5.17. The lowest BCUT2D eigenvalue weighted by atomic mass is 10.0. The predicted octanol–water partition coefficient (Wildman–Crippen LogP) is 1.54. The molecule has 2 N–H and O–H groups in total. The van der Waals surface area contributed by atoms with Gasteiger partial charge in [-0.15, -0.1) is 0 Å². The second-order valence-electron chi connectivity index (χ2n) is 5.54. The van der Waals surface area contributed by atoms with Gasteiger partial charge in [0.15, 0.2) is 0 Å². The summed E-state index contributed by atoms with van der Waals surface area (Å²) in [7, 11) is 4.23. The summed E-state index contributed by atoms with van der Waals surface area (Å²) in [6.45, 7) is 3.99. The molecule has 18 heavy (non-hydrogen) atoms. The van der Waals surface area contributed by atoms with Gasteiger partial charge in [-0.2, -0.15) is 5.10 Å². The maximum atomic E-state index is 5.87. The van der Waals surface area contributed by atoms with E-state index in [-0.39, 0.29) is 0 Å². The Bertz CT molecular complexity index is 385. The zero-order chi connectivity index (χ0) is 13.1. The lowest BCUT2D eigenvalue weighted by Gasteiger charge is -2.29. The summed E-state index contributed by atoms with van der Waals surface area (Å²) in [4.78, 5) is 2.47. The molecule has 4 nitrogen and oxygen atoms in total. The molecule has 2 atom stereocenters. The number of nitrogens with zero attached hydrogens (tertiary/aromatic N) is 3. The second-order valence-corrected chi connectivity index (χ2v) is 5.54. The summed E-state index contributed by atoms with van der Waals surface area (Å²) in [5, 5.41) is 4.51. The van der Waals surface area contributed by atoms with Gasteiger partial charge in [-0.3, -0.25) is 9.58 Å². The number of rotatable bonds is 5. The topological polar surface area (TPSA) is 47.1 Å². The average Bonchev–Trinajstić information content (AvgIpc) is 2.95.